The smallest absolute Gasteiger partial charge is 0.416 e. The van der Waals surface area contributed by atoms with Crippen LogP contribution in [0.3, 0.4) is 0 Å². The van der Waals surface area contributed by atoms with Gasteiger partial charge >= 0.3 is 12.1 Å². The molecule has 2 bridgehead atoms. The lowest BCUT2D eigenvalue weighted by Crippen LogP contribution is -2.49. The number of amides is 1. The van der Waals surface area contributed by atoms with Crippen LogP contribution in [0.5, 0.6) is 0 Å². The van der Waals surface area contributed by atoms with Gasteiger partial charge in [0.05, 0.1) is 29.8 Å². The molecule has 2 saturated heterocycles. The summed E-state index contributed by atoms with van der Waals surface area (Å²) < 4.78 is 43.7. The van der Waals surface area contributed by atoms with Gasteiger partial charge in [0.2, 0.25) is 5.95 Å². The van der Waals surface area contributed by atoms with Crippen LogP contribution in [0, 0.1) is 0 Å². The van der Waals surface area contributed by atoms with E-state index in [0.29, 0.717) is 25.5 Å². The summed E-state index contributed by atoms with van der Waals surface area (Å²) in [6.45, 7) is 2.82. The average Bonchev–Trinajstić information content (AvgIpc) is 3.34. The number of rotatable bonds is 4. The van der Waals surface area contributed by atoms with E-state index in [-0.39, 0.29) is 29.8 Å². The number of hydrogen-bond acceptors (Lipinski definition) is 6. The quantitative estimate of drug-likeness (QED) is 0.708. The van der Waals surface area contributed by atoms with Gasteiger partial charge in [-0.25, -0.2) is 14.8 Å². The van der Waals surface area contributed by atoms with E-state index in [9.17, 15) is 22.8 Å². The van der Waals surface area contributed by atoms with Crippen molar-refractivity contribution in [3.05, 3.63) is 53.3 Å². The lowest BCUT2D eigenvalue weighted by molar-refractivity contribution is -0.137. The molecule has 7 nitrogen and oxygen atoms in total. The van der Waals surface area contributed by atoms with E-state index in [1.54, 1.807) is 11.8 Å². The number of ether oxygens (including phenoxy) is 1. The Hall–Kier alpha value is -3.17. The molecule has 1 aromatic heterocycles. The van der Waals surface area contributed by atoms with E-state index < -0.39 is 23.6 Å². The van der Waals surface area contributed by atoms with Crippen LogP contribution in [0.2, 0.25) is 0 Å². The predicted molar refractivity (Wildman–Crippen MR) is 100 cm³/mol. The van der Waals surface area contributed by atoms with Gasteiger partial charge in [-0.2, -0.15) is 13.2 Å². The van der Waals surface area contributed by atoms with Crippen molar-refractivity contribution in [2.75, 3.05) is 24.6 Å². The standard InChI is InChI=1S/C20H19F3N4O3/c1-2-30-18(29)13-8-24-19(25-9-13)27-11-15-7-16(27)10-26(15)17(28)12-4-3-5-14(6-12)20(21,22)23/h3-6,8-9,15-16H,2,7,10-11H2,1H3/t15-,16-/m0/s1. The summed E-state index contributed by atoms with van der Waals surface area (Å²) in [4.78, 5) is 36.5. The first-order chi connectivity index (χ1) is 14.3. The molecule has 2 aliphatic heterocycles. The normalized spacial score (nSPS) is 20.5. The van der Waals surface area contributed by atoms with Crippen molar-refractivity contribution in [3.63, 3.8) is 0 Å². The third-order valence-corrected chi connectivity index (χ3v) is 5.34. The Kier molecular flexibility index (Phi) is 5.08. The van der Waals surface area contributed by atoms with Gasteiger partial charge in [0, 0.05) is 31.0 Å². The number of esters is 1. The minimum absolute atomic E-state index is 0.0268. The number of nitrogens with zero attached hydrogens (tertiary/aromatic N) is 4. The van der Waals surface area contributed by atoms with E-state index in [2.05, 4.69) is 9.97 Å². The number of anilines is 1. The first-order valence-electron chi connectivity index (χ1n) is 9.52. The van der Waals surface area contributed by atoms with Gasteiger partial charge in [-0.1, -0.05) is 6.07 Å². The van der Waals surface area contributed by atoms with Crippen LogP contribution in [-0.2, 0) is 10.9 Å². The highest BCUT2D eigenvalue weighted by molar-refractivity contribution is 5.95. The zero-order valence-electron chi connectivity index (χ0n) is 16.1. The zero-order valence-corrected chi connectivity index (χ0v) is 16.1. The van der Waals surface area contributed by atoms with Crippen LogP contribution < -0.4 is 4.90 Å². The number of likely N-dealkylation sites (tertiary alicyclic amines) is 1. The maximum atomic E-state index is 12.9. The van der Waals surface area contributed by atoms with Gasteiger partial charge in [-0.3, -0.25) is 4.79 Å². The Morgan fingerprint density at radius 3 is 2.47 bits per heavy atom. The second-order valence-electron chi connectivity index (χ2n) is 7.22. The molecule has 0 spiro atoms. The second kappa shape index (κ2) is 7.58. The summed E-state index contributed by atoms with van der Waals surface area (Å²) >= 11 is 0. The number of alkyl halides is 3. The minimum atomic E-state index is -4.50. The van der Waals surface area contributed by atoms with Crippen molar-refractivity contribution in [2.45, 2.75) is 31.6 Å². The number of carbonyl (C=O) groups excluding carboxylic acids is 2. The predicted octanol–water partition coefficient (Wildman–Crippen LogP) is 2.78. The summed E-state index contributed by atoms with van der Waals surface area (Å²) in [6, 6.07) is 4.33. The first-order valence-corrected chi connectivity index (χ1v) is 9.52. The average molecular weight is 420 g/mol. The molecule has 0 unspecified atom stereocenters. The van der Waals surface area contributed by atoms with Crippen molar-refractivity contribution >= 4 is 17.8 Å². The van der Waals surface area contributed by atoms with Crippen molar-refractivity contribution in [1.82, 2.24) is 14.9 Å². The molecule has 4 rings (SSSR count). The molecule has 2 fully saturated rings. The number of hydrogen-bond donors (Lipinski definition) is 0. The fourth-order valence-corrected chi connectivity index (χ4v) is 3.94. The van der Waals surface area contributed by atoms with Crippen LogP contribution >= 0.6 is 0 Å². The Bertz CT molecular complexity index is 965. The number of fused-ring (bicyclic) bond motifs is 2. The van der Waals surface area contributed by atoms with E-state index in [1.165, 1.54) is 24.5 Å². The monoisotopic (exact) mass is 420 g/mol. The van der Waals surface area contributed by atoms with Gasteiger partial charge in [0.15, 0.2) is 0 Å². The van der Waals surface area contributed by atoms with E-state index in [0.717, 1.165) is 12.1 Å². The maximum Gasteiger partial charge on any atom is 0.416 e. The highest BCUT2D eigenvalue weighted by Gasteiger charge is 2.46. The fourth-order valence-electron chi connectivity index (χ4n) is 3.94. The molecule has 2 aliphatic rings. The summed E-state index contributed by atoms with van der Waals surface area (Å²) in [5.74, 6) is -0.460. The summed E-state index contributed by atoms with van der Waals surface area (Å²) in [5.41, 5.74) is -0.556. The molecule has 1 amide bonds. The maximum absolute atomic E-state index is 12.9. The number of piperazine rings is 1. The van der Waals surface area contributed by atoms with Gasteiger partial charge < -0.3 is 14.5 Å². The molecule has 1 aromatic carbocycles. The van der Waals surface area contributed by atoms with Crippen LogP contribution in [0.25, 0.3) is 0 Å². The molecule has 2 aromatic rings. The third-order valence-electron chi connectivity index (χ3n) is 5.34. The van der Waals surface area contributed by atoms with Crippen LogP contribution in [0.4, 0.5) is 19.1 Å². The zero-order chi connectivity index (χ0) is 21.5. The SMILES string of the molecule is CCOC(=O)c1cnc(N2C[C@@H]3C[C@H]2CN3C(=O)c2cccc(C(F)(F)F)c2)nc1. The molecule has 0 saturated carbocycles. The number of aromatic nitrogens is 2. The molecule has 30 heavy (non-hydrogen) atoms. The largest absolute Gasteiger partial charge is 0.462 e. The Morgan fingerprint density at radius 1 is 1.13 bits per heavy atom. The van der Waals surface area contributed by atoms with Gasteiger partial charge in [-0.15, -0.1) is 0 Å². The first kappa shape index (κ1) is 20.1. The third kappa shape index (κ3) is 3.69. The molecular formula is C20H19F3N4O3. The fraction of sp³-hybridized carbons (Fsp3) is 0.400. The molecule has 10 heteroatoms. The summed E-state index contributed by atoms with van der Waals surface area (Å²) in [6.07, 6.45) is -1.01. The number of carbonyl (C=O) groups is 2. The highest BCUT2D eigenvalue weighted by Crippen LogP contribution is 2.35. The Balaban J connectivity index is 1.45. The van der Waals surface area contributed by atoms with E-state index >= 15 is 0 Å². The Morgan fingerprint density at radius 2 is 1.87 bits per heavy atom. The lowest BCUT2D eigenvalue weighted by Gasteiger charge is -2.34. The van der Waals surface area contributed by atoms with Crippen LogP contribution in [0.15, 0.2) is 36.7 Å². The van der Waals surface area contributed by atoms with Crippen molar-refractivity contribution < 1.29 is 27.5 Å². The van der Waals surface area contributed by atoms with E-state index in [4.69, 9.17) is 4.74 Å². The molecule has 0 N–H and O–H groups in total. The number of halogens is 3. The van der Waals surface area contributed by atoms with Crippen molar-refractivity contribution in [3.8, 4) is 0 Å². The molecule has 0 aliphatic carbocycles. The minimum Gasteiger partial charge on any atom is -0.462 e. The molecule has 158 valence electrons. The van der Waals surface area contributed by atoms with Gasteiger partial charge in [-0.05, 0) is 31.5 Å². The van der Waals surface area contributed by atoms with Gasteiger partial charge in [0.25, 0.3) is 5.91 Å². The van der Waals surface area contributed by atoms with Crippen LogP contribution in [0.1, 0.15) is 39.6 Å². The highest BCUT2D eigenvalue weighted by atomic mass is 19.4. The van der Waals surface area contributed by atoms with Crippen molar-refractivity contribution in [1.29, 1.82) is 0 Å². The van der Waals surface area contributed by atoms with E-state index in [1.807, 2.05) is 4.90 Å². The van der Waals surface area contributed by atoms with Crippen molar-refractivity contribution in [2.24, 2.45) is 0 Å². The number of benzene rings is 1. The lowest BCUT2D eigenvalue weighted by atomic mass is 10.1. The van der Waals surface area contributed by atoms with Gasteiger partial charge in [0.1, 0.15) is 0 Å². The molecule has 0 radical (unpaired) electrons. The summed E-state index contributed by atoms with van der Waals surface area (Å²) in [5, 5.41) is 0. The topological polar surface area (TPSA) is 75.6 Å². The second-order valence-corrected chi connectivity index (χ2v) is 7.22. The Labute approximate surface area is 170 Å². The molecule has 3 heterocycles. The molecular weight excluding hydrogens is 401 g/mol. The van der Waals surface area contributed by atoms with Crippen LogP contribution in [-0.4, -0.2) is 58.5 Å². The molecule has 2 atom stereocenters. The summed E-state index contributed by atoms with van der Waals surface area (Å²) in [7, 11) is 0.